The summed E-state index contributed by atoms with van der Waals surface area (Å²) in [5.41, 5.74) is 4.00. The minimum Gasteiger partial charge on any atom is -0.481 e. The number of nitrogens with one attached hydrogen (secondary N) is 1. The first-order valence-electron chi connectivity index (χ1n) is 9.64. The van der Waals surface area contributed by atoms with Gasteiger partial charge < -0.3 is 15.0 Å². The Morgan fingerprint density at radius 2 is 1.79 bits per heavy atom. The molecule has 148 valence electrons. The van der Waals surface area contributed by atoms with E-state index in [1.165, 1.54) is 5.56 Å². The number of nitrogens with zero attached hydrogens (tertiary/aromatic N) is 1. The lowest BCUT2D eigenvalue weighted by Gasteiger charge is -2.20. The van der Waals surface area contributed by atoms with E-state index in [4.69, 9.17) is 4.74 Å². The van der Waals surface area contributed by atoms with Crippen molar-refractivity contribution in [3.05, 3.63) is 53.6 Å². The molecule has 1 aliphatic heterocycles. The fourth-order valence-corrected chi connectivity index (χ4v) is 3.34. The summed E-state index contributed by atoms with van der Waals surface area (Å²) in [6.45, 7) is 10.5. The van der Waals surface area contributed by atoms with Gasteiger partial charge in [0.2, 0.25) is 5.91 Å². The summed E-state index contributed by atoms with van der Waals surface area (Å²) < 4.78 is 5.79. The molecule has 2 aromatic carbocycles. The van der Waals surface area contributed by atoms with E-state index in [1.54, 1.807) is 18.7 Å². The van der Waals surface area contributed by atoms with E-state index in [0.717, 1.165) is 17.7 Å². The number of anilines is 2. The zero-order valence-electron chi connectivity index (χ0n) is 17.2. The van der Waals surface area contributed by atoms with Crippen molar-refractivity contribution in [2.45, 2.75) is 52.6 Å². The summed E-state index contributed by atoms with van der Waals surface area (Å²) in [6.07, 6.45) is 0.174. The first-order chi connectivity index (χ1) is 13.1. The van der Waals surface area contributed by atoms with Crippen LogP contribution in [0.5, 0.6) is 5.75 Å². The normalized spacial score (nSPS) is 14.4. The summed E-state index contributed by atoms with van der Waals surface area (Å²) in [7, 11) is 0. The SMILES string of the molecule is CC(=O)N1CCc2cc(NC(=O)C(C)Oc3ccc(C(C)(C)C)cc3)ccc21. The number of rotatable bonds is 4. The van der Waals surface area contributed by atoms with Gasteiger partial charge in [-0.25, -0.2) is 0 Å². The van der Waals surface area contributed by atoms with Crippen molar-refractivity contribution in [1.82, 2.24) is 0 Å². The first kappa shape index (κ1) is 19.9. The van der Waals surface area contributed by atoms with Gasteiger partial charge in [-0.1, -0.05) is 32.9 Å². The predicted molar refractivity (Wildman–Crippen MR) is 112 cm³/mol. The molecule has 3 rings (SSSR count). The summed E-state index contributed by atoms with van der Waals surface area (Å²) >= 11 is 0. The zero-order chi connectivity index (χ0) is 20.5. The van der Waals surface area contributed by atoms with Crippen LogP contribution in [0.25, 0.3) is 0 Å². The highest BCUT2D eigenvalue weighted by atomic mass is 16.5. The Morgan fingerprint density at radius 1 is 1.11 bits per heavy atom. The van der Waals surface area contributed by atoms with Crippen LogP contribution in [0.3, 0.4) is 0 Å². The molecule has 2 amide bonds. The van der Waals surface area contributed by atoms with Gasteiger partial charge in [0.25, 0.3) is 5.91 Å². The van der Waals surface area contributed by atoms with Crippen molar-refractivity contribution < 1.29 is 14.3 Å². The molecule has 0 bridgehead atoms. The molecule has 0 aromatic heterocycles. The molecule has 1 unspecified atom stereocenters. The highest BCUT2D eigenvalue weighted by molar-refractivity contribution is 5.96. The van der Waals surface area contributed by atoms with E-state index in [0.29, 0.717) is 18.0 Å². The number of carbonyl (C=O) groups excluding carboxylic acids is 2. The molecule has 0 spiro atoms. The second kappa shape index (κ2) is 7.66. The number of hydrogen-bond acceptors (Lipinski definition) is 3. The van der Waals surface area contributed by atoms with E-state index < -0.39 is 6.10 Å². The zero-order valence-corrected chi connectivity index (χ0v) is 17.2. The lowest BCUT2D eigenvalue weighted by Crippen LogP contribution is -2.30. The van der Waals surface area contributed by atoms with Crippen LogP contribution in [0.2, 0.25) is 0 Å². The molecule has 1 atom stereocenters. The van der Waals surface area contributed by atoms with Gasteiger partial charge in [-0.15, -0.1) is 0 Å². The molecule has 28 heavy (non-hydrogen) atoms. The van der Waals surface area contributed by atoms with Crippen molar-refractivity contribution in [1.29, 1.82) is 0 Å². The van der Waals surface area contributed by atoms with Gasteiger partial charge in [0.05, 0.1) is 0 Å². The predicted octanol–water partition coefficient (Wildman–Crippen LogP) is 4.30. The Bertz CT molecular complexity index is 882. The summed E-state index contributed by atoms with van der Waals surface area (Å²) in [5, 5.41) is 2.90. The van der Waals surface area contributed by atoms with Crippen LogP contribution in [-0.4, -0.2) is 24.5 Å². The van der Waals surface area contributed by atoms with Gasteiger partial charge in [-0.05, 0) is 60.2 Å². The molecule has 1 heterocycles. The van der Waals surface area contributed by atoms with Crippen molar-refractivity contribution in [2.75, 3.05) is 16.8 Å². The van der Waals surface area contributed by atoms with E-state index >= 15 is 0 Å². The van der Waals surface area contributed by atoms with Gasteiger partial charge >= 0.3 is 0 Å². The molecular weight excluding hydrogens is 352 g/mol. The van der Waals surface area contributed by atoms with Crippen molar-refractivity contribution >= 4 is 23.2 Å². The molecule has 5 heteroatoms. The molecule has 1 N–H and O–H groups in total. The Morgan fingerprint density at radius 3 is 2.39 bits per heavy atom. The summed E-state index contributed by atoms with van der Waals surface area (Å²) in [5.74, 6) is 0.498. The Hall–Kier alpha value is -2.82. The first-order valence-corrected chi connectivity index (χ1v) is 9.64. The minimum atomic E-state index is -0.623. The van der Waals surface area contributed by atoms with Gasteiger partial charge in [0, 0.05) is 24.8 Å². The van der Waals surface area contributed by atoms with E-state index in [-0.39, 0.29) is 17.2 Å². The Kier molecular flexibility index (Phi) is 5.45. The molecular formula is C23H28N2O3. The fraction of sp³-hybridized carbons (Fsp3) is 0.391. The average Bonchev–Trinajstić information content (AvgIpc) is 3.04. The lowest BCUT2D eigenvalue weighted by molar-refractivity contribution is -0.122. The van der Waals surface area contributed by atoms with Crippen LogP contribution in [0.4, 0.5) is 11.4 Å². The molecule has 0 radical (unpaired) electrons. The van der Waals surface area contributed by atoms with Crippen LogP contribution in [0, 0.1) is 0 Å². The second-order valence-corrected chi connectivity index (χ2v) is 8.29. The van der Waals surface area contributed by atoms with Crippen LogP contribution < -0.4 is 15.0 Å². The smallest absolute Gasteiger partial charge is 0.265 e. The topological polar surface area (TPSA) is 58.6 Å². The van der Waals surface area contributed by atoms with E-state index in [1.807, 2.05) is 42.5 Å². The van der Waals surface area contributed by atoms with Crippen LogP contribution in [0.15, 0.2) is 42.5 Å². The number of ether oxygens (including phenoxy) is 1. The largest absolute Gasteiger partial charge is 0.481 e. The van der Waals surface area contributed by atoms with E-state index in [2.05, 4.69) is 26.1 Å². The quantitative estimate of drug-likeness (QED) is 0.860. The van der Waals surface area contributed by atoms with Gasteiger partial charge in [0.15, 0.2) is 6.10 Å². The third-order valence-electron chi connectivity index (χ3n) is 5.03. The average molecular weight is 380 g/mol. The lowest BCUT2D eigenvalue weighted by atomic mass is 9.87. The highest BCUT2D eigenvalue weighted by Gasteiger charge is 2.23. The van der Waals surface area contributed by atoms with Crippen molar-refractivity contribution in [2.24, 2.45) is 0 Å². The van der Waals surface area contributed by atoms with Crippen LogP contribution in [-0.2, 0) is 21.4 Å². The van der Waals surface area contributed by atoms with Gasteiger partial charge in [-0.2, -0.15) is 0 Å². The fourth-order valence-electron chi connectivity index (χ4n) is 3.34. The minimum absolute atomic E-state index is 0.0371. The Balaban J connectivity index is 1.63. The van der Waals surface area contributed by atoms with Crippen molar-refractivity contribution in [3.8, 4) is 5.75 Å². The van der Waals surface area contributed by atoms with Gasteiger partial charge in [0.1, 0.15) is 5.75 Å². The molecule has 0 fully saturated rings. The number of amides is 2. The third-order valence-corrected chi connectivity index (χ3v) is 5.03. The molecule has 5 nitrogen and oxygen atoms in total. The monoisotopic (exact) mass is 380 g/mol. The maximum absolute atomic E-state index is 12.5. The standard InChI is InChI=1S/C23H28N2O3/c1-15(28-20-9-6-18(7-10-20)23(3,4)5)22(27)24-19-8-11-21-17(14-19)12-13-25(21)16(2)26/h6-11,14-15H,12-13H2,1-5H3,(H,24,27). The molecule has 0 aliphatic carbocycles. The highest BCUT2D eigenvalue weighted by Crippen LogP contribution is 2.30. The van der Waals surface area contributed by atoms with Crippen molar-refractivity contribution in [3.63, 3.8) is 0 Å². The second-order valence-electron chi connectivity index (χ2n) is 8.29. The molecule has 2 aromatic rings. The Labute approximate surface area is 166 Å². The summed E-state index contributed by atoms with van der Waals surface area (Å²) in [4.78, 5) is 25.9. The number of carbonyl (C=O) groups is 2. The van der Waals surface area contributed by atoms with Gasteiger partial charge in [-0.3, -0.25) is 9.59 Å². The number of hydrogen-bond donors (Lipinski definition) is 1. The third kappa shape index (κ3) is 4.35. The maximum Gasteiger partial charge on any atom is 0.265 e. The molecule has 0 saturated heterocycles. The number of benzene rings is 2. The number of fused-ring (bicyclic) bond motifs is 1. The molecule has 0 saturated carbocycles. The van der Waals surface area contributed by atoms with Crippen LogP contribution >= 0.6 is 0 Å². The molecule has 1 aliphatic rings. The van der Waals surface area contributed by atoms with E-state index in [9.17, 15) is 9.59 Å². The maximum atomic E-state index is 12.5. The summed E-state index contributed by atoms with van der Waals surface area (Å²) in [6, 6.07) is 13.5. The van der Waals surface area contributed by atoms with Crippen LogP contribution in [0.1, 0.15) is 45.7 Å².